The molecule has 1 aromatic heterocycles. The number of aromatic nitrogens is 1. The summed E-state index contributed by atoms with van der Waals surface area (Å²) in [5, 5.41) is 1.27. The number of esters is 1. The maximum absolute atomic E-state index is 13.0. The van der Waals surface area contributed by atoms with Gasteiger partial charge in [-0.15, -0.1) is 0 Å². The average Bonchev–Trinajstić information content (AvgIpc) is 3.29. The van der Waals surface area contributed by atoms with E-state index in [1.807, 2.05) is 55.6 Å². The molecule has 4 rings (SSSR count). The lowest BCUT2D eigenvalue weighted by Crippen LogP contribution is -2.34. The number of fused-ring (bicyclic) bond motifs is 1. The number of benzene rings is 2. The number of carbonyl (C=O) groups excluding carboxylic acids is 2. The molecule has 0 radical (unpaired) electrons. The van der Waals surface area contributed by atoms with E-state index in [0.717, 1.165) is 27.7 Å². The van der Waals surface area contributed by atoms with E-state index in [1.165, 1.54) is 18.9 Å². The summed E-state index contributed by atoms with van der Waals surface area (Å²) in [6.07, 6.45) is 2.71. The zero-order chi connectivity index (χ0) is 21.1. The van der Waals surface area contributed by atoms with Crippen molar-refractivity contribution >= 4 is 45.4 Å². The normalized spacial score (nSPS) is 17.8. The Balaban J connectivity index is 1.58. The van der Waals surface area contributed by atoms with Gasteiger partial charge < -0.3 is 9.72 Å². The van der Waals surface area contributed by atoms with E-state index in [9.17, 15) is 9.59 Å². The standard InChI is InChI=1S/C23H23N3O3S/c1-15-7-9-17(10-8-15)25-23-26(22(28)20(30-23)13-21(27)29-2)12-11-16-14-24-19-6-4-3-5-18(16)19/h3-10,14,20,24H,11-13H2,1-2H3/t20-/m1/s1. The van der Waals surface area contributed by atoms with Gasteiger partial charge in [0.1, 0.15) is 5.25 Å². The predicted molar refractivity (Wildman–Crippen MR) is 120 cm³/mol. The molecule has 0 bridgehead atoms. The molecule has 1 aliphatic heterocycles. The van der Waals surface area contributed by atoms with Crippen LogP contribution >= 0.6 is 11.8 Å². The third-order valence-corrected chi connectivity index (χ3v) is 6.31. The molecule has 1 atom stereocenters. The molecule has 1 fully saturated rings. The summed E-state index contributed by atoms with van der Waals surface area (Å²) >= 11 is 1.33. The first-order valence-electron chi connectivity index (χ1n) is 9.80. The number of ether oxygens (including phenoxy) is 1. The fraction of sp³-hybridized carbons (Fsp3) is 0.261. The van der Waals surface area contributed by atoms with Crippen LogP contribution in [-0.4, -0.2) is 45.8 Å². The second kappa shape index (κ2) is 8.75. The fourth-order valence-electron chi connectivity index (χ4n) is 3.47. The Kier molecular flexibility index (Phi) is 5.90. The van der Waals surface area contributed by atoms with E-state index in [2.05, 4.69) is 11.1 Å². The molecule has 3 aromatic rings. The highest BCUT2D eigenvalue weighted by Crippen LogP contribution is 2.32. The van der Waals surface area contributed by atoms with Crippen LogP contribution < -0.4 is 0 Å². The number of aryl methyl sites for hydroxylation is 1. The molecule has 7 heteroatoms. The molecule has 1 N–H and O–H groups in total. The molecule has 0 saturated carbocycles. The van der Waals surface area contributed by atoms with Crippen LogP contribution in [0, 0.1) is 6.92 Å². The first-order chi connectivity index (χ1) is 14.5. The molecule has 2 heterocycles. The molecule has 0 spiro atoms. The van der Waals surface area contributed by atoms with Crippen molar-refractivity contribution in [1.29, 1.82) is 0 Å². The lowest BCUT2D eigenvalue weighted by Gasteiger charge is -2.16. The van der Waals surface area contributed by atoms with Crippen molar-refractivity contribution in [3.05, 3.63) is 65.9 Å². The fourth-order valence-corrected chi connectivity index (χ4v) is 4.63. The minimum absolute atomic E-state index is 0.0382. The Hall–Kier alpha value is -3.06. The number of hydrogen-bond acceptors (Lipinski definition) is 5. The summed E-state index contributed by atoms with van der Waals surface area (Å²) in [4.78, 5) is 34.5. The monoisotopic (exact) mass is 421 g/mol. The van der Waals surface area contributed by atoms with Crippen LogP contribution in [0.2, 0.25) is 0 Å². The summed E-state index contributed by atoms with van der Waals surface area (Å²) < 4.78 is 4.76. The van der Waals surface area contributed by atoms with Gasteiger partial charge >= 0.3 is 5.97 Å². The Morgan fingerprint density at radius 3 is 2.73 bits per heavy atom. The van der Waals surface area contributed by atoms with Crippen LogP contribution in [0.4, 0.5) is 5.69 Å². The van der Waals surface area contributed by atoms with Crippen molar-refractivity contribution in [2.45, 2.75) is 25.0 Å². The topological polar surface area (TPSA) is 74.8 Å². The van der Waals surface area contributed by atoms with Crippen molar-refractivity contribution in [1.82, 2.24) is 9.88 Å². The van der Waals surface area contributed by atoms with E-state index >= 15 is 0 Å². The lowest BCUT2D eigenvalue weighted by atomic mass is 10.1. The minimum Gasteiger partial charge on any atom is -0.469 e. The molecule has 30 heavy (non-hydrogen) atoms. The number of H-pyrrole nitrogens is 1. The molecule has 6 nitrogen and oxygen atoms in total. The van der Waals surface area contributed by atoms with E-state index in [-0.39, 0.29) is 12.3 Å². The number of amides is 1. The van der Waals surface area contributed by atoms with Crippen LogP contribution in [0.1, 0.15) is 17.5 Å². The zero-order valence-electron chi connectivity index (χ0n) is 16.9. The molecule has 2 aromatic carbocycles. The van der Waals surface area contributed by atoms with Gasteiger partial charge in [-0.2, -0.15) is 0 Å². The second-order valence-electron chi connectivity index (χ2n) is 7.22. The quantitative estimate of drug-likeness (QED) is 0.605. The average molecular weight is 422 g/mol. The number of nitrogens with one attached hydrogen (secondary N) is 1. The predicted octanol–water partition coefficient (Wildman–Crippen LogP) is 4.21. The number of rotatable bonds is 6. The van der Waals surface area contributed by atoms with E-state index < -0.39 is 11.2 Å². The number of para-hydroxylation sites is 1. The van der Waals surface area contributed by atoms with E-state index in [0.29, 0.717) is 18.1 Å². The molecule has 1 amide bonds. The molecule has 0 unspecified atom stereocenters. The summed E-state index contributed by atoms with van der Waals surface area (Å²) in [6, 6.07) is 15.9. The smallest absolute Gasteiger partial charge is 0.307 e. The van der Waals surface area contributed by atoms with Crippen LogP contribution in [0.25, 0.3) is 10.9 Å². The minimum atomic E-state index is -0.510. The van der Waals surface area contributed by atoms with Crippen LogP contribution in [0.15, 0.2) is 59.7 Å². The third kappa shape index (κ3) is 4.26. The van der Waals surface area contributed by atoms with Gasteiger partial charge in [-0.25, -0.2) is 4.99 Å². The van der Waals surface area contributed by atoms with Gasteiger partial charge in [0.05, 0.1) is 19.2 Å². The van der Waals surface area contributed by atoms with Crippen molar-refractivity contribution in [2.75, 3.05) is 13.7 Å². The number of aliphatic imine (C=N–C) groups is 1. The summed E-state index contributed by atoms with van der Waals surface area (Å²) in [5.74, 6) is -0.495. The Morgan fingerprint density at radius 1 is 1.20 bits per heavy atom. The van der Waals surface area contributed by atoms with Gasteiger partial charge in [0.25, 0.3) is 0 Å². The summed E-state index contributed by atoms with van der Waals surface area (Å²) in [5.41, 5.74) is 4.15. The summed E-state index contributed by atoms with van der Waals surface area (Å²) in [6.45, 7) is 2.51. The lowest BCUT2D eigenvalue weighted by molar-refractivity contribution is -0.142. The molecule has 154 valence electrons. The number of methoxy groups -OCH3 is 1. The SMILES string of the molecule is COC(=O)C[C@H]1SC(=Nc2ccc(C)cc2)N(CCc2c[nH]c3ccccc23)C1=O. The van der Waals surface area contributed by atoms with Crippen LogP contribution in [0.3, 0.4) is 0 Å². The first kappa shape index (κ1) is 20.2. The zero-order valence-corrected chi connectivity index (χ0v) is 17.7. The van der Waals surface area contributed by atoms with Crippen LogP contribution in [-0.2, 0) is 20.7 Å². The largest absolute Gasteiger partial charge is 0.469 e. The number of amidine groups is 1. The molecular formula is C23H23N3O3S. The van der Waals surface area contributed by atoms with Crippen molar-refractivity contribution in [3.63, 3.8) is 0 Å². The van der Waals surface area contributed by atoms with Crippen molar-refractivity contribution < 1.29 is 14.3 Å². The first-order valence-corrected chi connectivity index (χ1v) is 10.7. The van der Waals surface area contributed by atoms with Crippen molar-refractivity contribution in [2.24, 2.45) is 4.99 Å². The third-order valence-electron chi connectivity index (χ3n) is 5.14. The molecule has 1 aliphatic rings. The molecule has 0 aliphatic carbocycles. The maximum Gasteiger partial charge on any atom is 0.307 e. The number of thioether (sulfide) groups is 1. The van der Waals surface area contributed by atoms with Crippen molar-refractivity contribution in [3.8, 4) is 0 Å². The number of aromatic amines is 1. The Morgan fingerprint density at radius 2 is 1.97 bits per heavy atom. The van der Waals surface area contributed by atoms with Crippen LogP contribution in [0.5, 0.6) is 0 Å². The molecular weight excluding hydrogens is 398 g/mol. The van der Waals surface area contributed by atoms with Gasteiger partial charge in [-0.05, 0) is 37.1 Å². The maximum atomic E-state index is 13.0. The Bertz CT molecular complexity index is 1100. The van der Waals surface area contributed by atoms with E-state index in [1.54, 1.807) is 4.90 Å². The number of nitrogens with zero attached hydrogens (tertiary/aromatic N) is 2. The number of carbonyl (C=O) groups is 2. The highest BCUT2D eigenvalue weighted by Gasteiger charge is 2.39. The van der Waals surface area contributed by atoms with Gasteiger partial charge in [0.15, 0.2) is 5.17 Å². The Labute approximate surface area is 179 Å². The van der Waals surface area contributed by atoms with Gasteiger partial charge in [-0.1, -0.05) is 47.7 Å². The second-order valence-corrected chi connectivity index (χ2v) is 8.39. The molecule has 1 saturated heterocycles. The van der Waals surface area contributed by atoms with Gasteiger partial charge in [-0.3, -0.25) is 14.5 Å². The summed E-state index contributed by atoms with van der Waals surface area (Å²) in [7, 11) is 1.34. The van der Waals surface area contributed by atoms with Gasteiger partial charge in [0, 0.05) is 23.6 Å². The van der Waals surface area contributed by atoms with E-state index in [4.69, 9.17) is 9.73 Å². The highest BCUT2D eigenvalue weighted by molar-refractivity contribution is 8.15. The van der Waals surface area contributed by atoms with Gasteiger partial charge in [0.2, 0.25) is 5.91 Å². The number of hydrogen-bond donors (Lipinski definition) is 1. The highest BCUT2D eigenvalue weighted by atomic mass is 32.2.